The highest BCUT2D eigenvalue weighted by molar-refractivity contribution is 5.93. The Hall–Kier alpha value is -1.49. The monoisotopic (exact) mass is 211 g/mol. The first kappa shape index (κ1) is 11.6. The van der Waals surface area contributed by atoms with Crippen molar-refractivity contribution in [3.63, 3.8) is 0 Å². The van der Waals surface area contributed by atoms with Gasteiger partial charge < -0.3 is 10.2 Å². The number of hydrogen-bond donors (Lipinski definition) is 1. The molecule has 4 nitrogen and oxygen atoms in total. The summed E-state index contributed by atoms with van der Waals surface area (Å²) < 4.78 is 12.5. The van der Waals surface area contributed by atoms with Crippen LogP contribution in [0, 0.1) is 5.95 Å². The largest absolute Gasteiger partial charge is 0.340 e. The molecule has 0 aromatic carbocycles. The van der Waals surface area contributed by atoms with Crippen molar-refractivity contribution in [2.45, 2.75) is 0 Å². The number of aromatic nitrogens is 1. The molecule has 1 N–H and O–H groups in total. The predicted octanol–water partition coefficient (Wildman–Crippen LogP) is 0.512. The zero-order valence-electron chi connectivity index (χ0n) is 8.83. The summed E-state index contributed by atoms with van der Waals surface area (Å²) in [6.45, 7) is 1.32. The molecule has 0 atom stereocenters. The second kappa shape index (κ2) is 5.41. The minimum absolute atomic E-state index is 0.155. The number of likely N-dealkylation sites (N-methyl/N-ethyl adjacent to an activating group) is 2. The molecule has 1 aromatic rings. The van der Waals surface area contributed by atoms with Crippen LogP contribution in [0.15, 0.2) is 18.3 Å². The number of rotatable bonds is 4. The van der Waals surface area contributed by atoms with Crippen LogP contribution in [0.25, 0.3) is 0 Å². The Balaban J connectivity index is 2.63. The predicted molar refractivity (Wildman–Crippen MR) is 55.1 cm³/mol. The molecule has 0 saturated carbocycles. The Morgan fingerprint density at radius 1 is 1.60 bits per heavy atom. The zero-order chi connectivity index (χ0) is 11.3. The average molecular weight is 211 g/mol. The third-order valence-electron chi connectivity index (χ3n) is 2.02. The van der Waals surface area contributed by atoms with Crippen LogP contribution in [0.1, 0.15) is 10.4 Å². The van der Waals surface area contributed by atoms with Crippen molar-refractivity contribution < 1.29 is 9.18 Å². The second-order valence-corrected chi connectivity index (χ2v) is 3.20. The number of hydrogen-bond acceptors (Lipinski definition) is 3. The lowest BCUT2D eigenvalue weighted by molar-refractivity contribution is 0.0796. The normalized spacial score (nSPS) is 10.1. The van der Waals surface area contributed by atoms with E-state index in [4.69, 9.17) is 0 Å². The van der Waals surface area contributed by atoms with E-state index in [2.05, 4.69) is 10.3 Å². The molecule has 1 heterocycles. The number of amides is 1. The van der Waals surface area contributed by atoms with E-state index in [1.165, 1.54) is 18.3 Å². The van der Waals surface area contributed by atoms with E-state index in [1.807, 2.05) is 7.05 Å². The topological polar surface area (TPSA) is 45.2 Å². The van der Waals surface area contributed by atoms with Crippen molar-refractivity contribution in [3.8, 4) is 0 Å². The molecule has 0 fully saturated rings. The van der Waals surface area contributed by atoms with Gasteiger partial charge in [0.05, 0.1) is 5.56 Å². The maximum Gasteiger partial charge on any atom is 0.255 e. The highest BCUT2D eigenvalue weighted by Gasteiger charge is 2.11. The molecule has 82 valence electrons. The number of pyridine rings is 1. The quantitative estimate of drug-likeness (QED) is 0.738. The lowest BCUT2D eigenvalue weighted by atomic mass is 10.2. The summed E-state index contributed by atoms with van der Waals surface area (Å²) in [6.07, 6.45) is 1.24. The van der Waals surface area contributed by atoms with Crippen molar-refractivity contribution in [2.24, 2.45) is 0 Å². The molecule has 0 aliphatic rings. The molecule has 0 unspecified atom stereocenters. The standard InChI is InChI=1S/C10H14FN3O/c1-12-5-6-14(2)10(15)8-3-4-9(11)13-7-8/h3-4,7,12H,5-6H2,1-2H3. The van der Waals surface area contributed by atoms with Gasteiger partial charge in [0.1, 0.15) is 0 Å². The van der Waals surface area contributed by atoms with Gasteiger partial charge in [-0.2, -0.15) is 4.39 Å². The maximum atomic E-state index is 12.5. The van der Waals surface area contributed by atoms with Crippen LogP contribution in [0.3, 0.4) is 0 Å². The summed E-state index contributed by atoms with van der Waals surface area (Å²) in [5.74, 6) is -0.734. The van der Waals surface area contributed by atoms with Gasteiger partial charge in [-0.15, -0.1) is 0 Å². The summed E-state index contributed by atoms with van der Waals surface area (Å²) in [7, 11) is 3.51. The van der Waals surface area contributed by atoms with Gasteiger partial charge in [-0.05, 0) is 19.2 Å². The zero-order valence-corrected chi connectivity index (χ0v) is 8.83. The Morgan fingerprint density at radius 3 is 2.87 bits per heavy atom. The van der Waals surface area contributed by atoms with Crippen molar-refractivity contribution in [3.05, 3.63) is 29.8 Å². The fraction of sp³-hybridized carbons (Fsp3) is 0.400. The first-order valence-electron chi connectivity index (χ1n) is 4.66. The maximum absolute atomic E-state index is 12.5. The van der Waals surface area contributed by atoms with Gasteiger partial charge in [-0.1, -0.05) is 0 Å². The fourth-order valence-corrected chi connectivity index (χ4v) is 1.10. The number of carbonyl (C=O) groups is 1. The lowest BCUT2D eigenvalue weighted by Gasteiger charge is -2.16. The summed E-state index contributed by atoms with van der Waals surface area (Å²) in [4.78, 5) is 16.7. The van der Waals surface area contributed by atoms with Crippen LogP contribution in [-0.4, -0.2) is 43.0 Å². The van der Waals surface area contributed by atoms with Gasteiger partial charge in [-0.25, -0.2) is 4.98 Å². The van der Waals surface area contributed by atoms with Crippen LogP contribution < -0.4 is 5.32 Å². The van der Waals surface area contributed by atoms with Gasteiger partial charge in [0.2, 0.25) is 5.95 Å². The van der Waals surface area contributed by atoms with Gasteiger partial charge in [-0.3, -0.25) is 4.79 Å². The van der Waals surface area contributed by atoms with E-state index in [0.717, 1.165) is 6.54 Å². The van der Waals surface area contributed by atoms with E-state index < -0.39 is 5.95 Å². The summed E-state index contributed by atoms with van der Waals surface area (Å²) >= 11 is 0. The molecule has 1 amide bonds. The lowest BCUT2D eigenvalue weighted by Crippen LogP contribution is -2.32. The summed E-state index contributed by atoms with van der Waals surface area (Å²) in [6, 6.07) is 2.61. The highest BCUT2D eigenvalue weighted by Crippen LogP contribution is 2.02. The van der Waals surface area contributed by atoms with E-state index in [0.29, 0.717) is 12.1 Å². The smallest absolute Gasteiger partial charge is 0.255 e. The molecular weight excluding hydrogens is 197 g/mol. The van der Waals surface area contributed by atoms with Crippen molar-refractivity contribution in [1.29, 1.82) is 0 Å². The van der Waals surface area contributed by atoms with Gasteiger partial charge >= 0.3 is 0 Å². The second-order valence-electron chi connectivity index (χ2n) is 3.20. The van der Waals surface area contributed by atoms with Crippen LogP contribution >= 0.6 is 0 Å². The summed E-state index contributed by atoms with van der Waals surface area (Å²) in [5.41, 5.74) is 0.398. The molecule has 5 heteroatoms. The molecule has 0 spiro atoms. The van der Waals surface area contributed by atoms with Crippen LogP contribution in [-0.2, 0) is 0 Å². The summed E-state index contributed by atoms with van der Waals surface area (Å²) in [5, 5.41) is 2.94. The molecule has 0 saturated heterocycles. The Labute approximate surface area is 88.1 Å². The molecule has 1 rings (SSSR count). The molecule has 0 radical (unpaired) electrons. The molecule has 1 aromatic heterocycles. The first-order valence-corrected chi connectivity index (χ1v) is 4.66. The molecule has 0 aliphatic carbocycles. The molecular formula is C10H14FN3O. The number of nitrogens with zero attached hydrogens (tertiary/aromatic N) is 2. The van der Waals surface area contributed by atoms with E-state index in [-0.39, 0.29) is 5.91 Å². The van der Waals surface area contributed by atoms with E-state index in [1.54, 1.807) is 11.9 Å². The van der Waals surface area contributed by atoms with Crippen LogP contribution in [0.4, 0.5) is 4.39 Å². The molecule has 0 aliphatic heterocycles. The first-order chi connectivity index (χ1) is 7.15. The van der Waals surface area contributed by atoms with Crippen molar-refractivity contribution in [2.75, 3.05) is 27.2 Å². The fourth-order valence-electron chi connectivity index (χ4n) is 1.10. The highest BCUT2D eigenvalue weighted by atomic mass is 19.1. The number of nitrogens with one attached hydrogen (secondary N) is 1. The Morgan fingerprint density at radius 2 is 2.33 bits per heavy atom. The van der Waals surface area contributed by atoms with Crippen LogP contribution in [0.2, 0.25) is 0 Å². The minimum atomic E-state index is -0.579. The number of halogens is 1. The Bertz CT molecular complexity index is 326. The third kappa shape index (κ3) is 3.28. The SMILES string of the molecule is CNCCN(C)C(=O)c1ccc(F)nc1. The third-order valence-corrected chi connectivity index (χ3v) is 2.02. The van der Waals surface area contributed by atoms with Gasteiger partial charge in [0, 0.05) is 26.3 Å². The van der Waals surface area contributed by atoms with Gasteiger partial charge in [0.25, 0.3) is 5.91 Å². The molecule has 15 heavy (non-hydrogen) atoms. The minimum Gasteiger partial charge on any atom is -0.340 e. The number of carbonyl (C=O) groups excluding carboxylic acids is 1. The van der Waals surface area contributed by atoms with Crippen molar-refractivity contribution in [1.82, 2.24) is 15.2 Å². The van der Waals surface area contributed by atoms with Crippen molar-refractivity contribution >= 4 is 5.91 Å². The van der Waals surface area contributed by atoms with E-state index >= 15 is 0 Å². The average Bonchev–Trinajstić information content (AvgIpc) is 2.26. The Kier molecular flexibility index (Phi) is 4.17. The van der Waals surface area contributed by atoms with E-state index in [9.17, 15) is 9.18 Å². The van der Waals surface area contributed by atoms with Crippen LogP contribution in [0.5, 0.6) is 0 Å². The van der Waals surface area contributed by atoms with Gasteiger partial charge in [0.15, 0.2) is 0 Å². The molecule has 0 bridgehead atoms.